The fourth-order valence-electron chi connectivity index (χ4n) is 2.04. The molecule has 0 saturated heterocycles. The van der Waals surface area contributed by atoms with Crippen LogP contribution in [0.4, 0.5) is 20.2 Å². The molecule has 0 unspecified atom stereocenters. The van der Waals surface area contributed by atoms with Gasteiger partial charge >= 0.3 is 0 Å². The molecule has 110 valence electrons. The number of nitrogens with two attached hydrogens (primary N) is 1. The van der Waals surface area contributed by atoms with Gasteiger partial charge in [0.25, 0.3) is 5.91 Å². The Bertz CT molecular complexity index is 645. The largest absolute Gasteiger partial charge is 0.398 e. The first-order valence-corrected chi connectivity index (χ1v) is 6.57. The van der Waals surface area contributed by atoms with Crippen molar-refractivity contribution in [1.29, 1.82) is 0 Å². The minimum atomic E-state index is -0.520. The summed E-state index contributed by atoms with van der Waals surface area (Å²) in [7, 11) is 0. The van der Waals surface area contributed by atoms with Crippen LogP contribution in [-0.4, -0.2) is 12.5 Å². The number of rotatable bonds is 3. The van der Waals surface area contributed by atoms with Crippen molar-refractivity contribution in [2.24, 2.45) is 0 Å². The number of nitrogen functional groups attached to an aromatic ring is 1. The van der Waals surface area contributed by atoms with Crippen LogP contribution in [0.15, 0.2) is 36.4 Å². The highest BCUT2D eigenvalue weighted by Crippen LogP contribution is 2.22. The van der Waals surface area contributed by atoms with Crippen molar-refractivity contribution in [1.82, 2.24) is 0 Å². The monoisotopic (exact) mass is 290 g/mol. The van der Waals surface area contributed by atoms with E-state index in [0.29, 0.717) is 17.8 Å². The predicted molar refractivity (Wildman–Crippen MR) is 79.3 cm³/mol. The van der Waals surface area contributed by atoms with Crippen LogP contribution in [0.3, 0.4) is 0 Å². The summed E-state index contributed by atoms with van der Waals surface area (Å²) in [5.74, 6) is -1.28. The van der Waals surface area contributed by atoms with E-state index in [9.17, 15) is 13.6 Å². The SMILES string of the molecule is CCN(C(=O)c1cc(N)c(C)c(F)c1)c1ccc(F)cc1. The Morgan fingerprint density at radius 1 is 1.19 bits per heavy atom. The number of hydrogen-bond donors (Lipinski definition) is 1. The Hall–Kier alpha value is -2.43. The van der Waals surface area contributed by atoms with Crippen LogP contribution in [-0.2, 0) is 0 Å². The number of halogens is 2. The van der Waals surface area contributed by atoms with Gasteiger partial charge in [-0.1, -0.05) is 0 Å². The van der Waals surface area contributed by atoms with Crippen molar-refractivity contribution in [3.63, 3.8) is 0 Å². The molecular formula is C16H16F2N2O. The molecule has 0 saturated carbocycles. The molecule has 0 aromatic heterocycles. The molecule has 0 fully saturated rings. The minimum Gasteiger partial charge on any atom is -0.398 e. The van der Waals surface area contributed by atoms with Crippen LogP contribution in [0.2, 0.25) is 0 Å². The van der Waals surface area contributed by atoms with Crippen LogP contribution in [0.5, 0.6) is 0 Å². The summed E-state index contributed by atoms with van der Waals surface area (Å²) in [6.07, 6.45) is 0. The zero-order chi connectivity index (χ0) is 15.6. The molecular weight excluding hydrogens is 274 g/mol. The summed E-state index contributed by atoms with van der Waals surface area (Å²) < 4.78 is 26.7. The topological polar surface area (TPSA) is 46.3 Å². The summed E-state index contributed by atoms with van der Waals surface area (Å²) >= 11 is 0. The van der Waals surface area contributed by atoms with Gasteiger partial charge in [-0.2, -0.15) is 0 Å². The van der Waals surface area contributed by atoms with Crippen LogP contribution in [0.1, 0.15) is 22.8 Å². The Kier molecular flexibility index (Phi) is 4.21. The van der Waals surface area contributed by atoms with Gasteiger partial charge in [0.1, 0.15) is 11.6 Å². The highest BCUT2D eigenvalue weighted by Gasteiger charge is 2.18. The number of benzene rings is 2. The number of carbonyl (C=O) groups excluding carboxylic acids is 1. The lowest BCUT2D eigenvalue weighted by Gasteiger charge is -2.21. The van der Waals surface area contributed by atoms with E-state index in [0.717, 1.165) is 0 Å². The third kappa shape index (κ3) is 3.02. The van der Waals surface area contributed by atoms with Crippen molar-refractivity contribution < 1.29 is 13.6 Å². The smallest absolute Gasteiger partial charge is 0.258 e. The molecule has 0 atom stereocenters. The predicted octanol–water partition coefficient (Wildman–Crippen LogP) is 3.52. The first-order chi connectivity index (χ1) is 9.93. The van der Waals surface area contributed by atoms with Crippen LogP contribution >= 0.6 is 0 Å². The zero-order valence-electron chi connectivity index (χ0n) is 11.9. The molecule has 0 radical (unpaired) electrons. The third-order valence-electron chi connectivity index (χ3n) is 3.33. The van der Waals surface area contributed by atoms with Crippen molar-refractivity contribution in [3.8, 4) is 0 Å². The van der Waals surface area contributed by atoms with Gasteiger partial charge in [-0.3, -0.25) is 4.79 Å². The van der Waals surface area contributed by atoms with Crippen molar-refractivity contribution in [2.75, 3.05) is 17.2 Å². The molecule has 2 aromatic carbocycles. The van der Waals surface area contributed by atoms with E-state index in [4.69, 9.17) is 5.73 Å². The average Bonchev–Trinajstić information content (AvgIpc) is 2.46. The van der Waals surface area contributed by atoms with Gasteiger partial charge in [0, 0.05) is 29.0 Å². The molecule has 0 aliphatic rings. The van der Waals surface area contributed by atoms with E-state index in [1.807, 2.05) is 0 Å². The van der Waals surface area contributed by atoms with Crippen molar-refractivity contribution >= 4 is 17.3 Å². The summed E-state index contributed by atoms with van der Waals surface area (Å²) in [6.45, 7) is 3.71. The molecule has 1 amide bonds. The molecule has 0 spiro atoms. The van der Waals surface area contributed by atoms with E-state index < -0.39 is 5.82 Å². The lowest BCUT2D eigenvalue weighted by atomic mass is 10.1. The molecule has 0 aliphatic heterocycles. The van der Waals surface area contributed by atoms with Gasteiger partial charge in [-0.05, 0) is 50.2 Å². The van der Waals surface area contributed by atoms with E-state index in [1.165, 1.54) is 41.3 Å². The zero-order valence-corrected chi connectivity index (χ0v) is 11.9. The number of amides is 1. The highest BCUT2D eigenvalue weighted by molar-refractivity contribution is 6.06. The maximum Gasteiger partial charge on any atom is 0.258 e. The first kappa shape index (κ1) is 15.0. The second-order valence-electron chi connectivity index (χ2n) is 4.70. The molecule has 0 heterocycles. The van der Waals surface area contributed by atoms with Crippen LogP contribution in [0.25, 0.3) is 0 Å². The quantitative estimate of drug-likeness (QED) is 0.879. The normalized spacial score (nSPS) is 10.5. The van der Waals surface area contributed by atoms with Crippen molar-refractivity contribution in [3.05, 3.63) is 59.2 Å². The van der Waals surface area contributed by atoms with E-state index in [2.05, 4.69) is 0 Å². The fraction of sp³-hybridized carbons (Fsp3) is 0.188. The Morgan fingerprint density at radius 2 is 1.81 bits per heavy atom. The second kappa shape index (κ2) is 5.91. The molecule has 3 nitrogen and oxygen atoms in total. The third-order valence-corrected chi connectivity index (χ3v) is 3.33. The van der Waals surface area contributed by atoms with Crippen LogP contribution < -0.4 is 10.6 Å². The first-order valence-electron chi connectivity index (χ1n) is 6.57. The van der Waals surface area contributed by atoms with Gasteiger partial charge in [0.05, 0.1) is 0 Å². The standard InChI is InChI=1S/C16H16F2N2O/c1-3-20(13-6-4-12(17)5-7-13)16(21)11-8-14(18)10(2)15(19)9-11/h4-9H,3,19H2,1-2H3. The summed E-state index contributed by atoms with van der Waals surface area (Å²) in [4.78, 5) is 13.9. The lowest BCUT2D eigenvalue weighted by molar-refractivity contribution is 0.0988. The molecule has 2 rings (SSSR count). The van der Waals surface area contributed by atoms with Crippen LogP contribution in [0, 0.1) is 18.6 Å². The van der Waals surface area contributed by atoms with E-state index in [1.54, 1.807) is 13.8 Å². The minimum absolute atomic E-state index is 0.168. The fourth-order valence-corrected chi connectivity index (χ4v) is 2.04. The van der Waals surface area contributed by atoms with Gasteiger partial charge in [0.2, 0.25) is 0 Å². The molecule has 5 heteroatoms. The number of hydrogen-bond acceptors (Lipinski definition) is 2. The number of carbonyl (C=O) groups is 1. The number of anilines is 2. The maximum absolute atomic E-state index is 13.7. The lowest BCUT2D eigenvalue weighted by Crippen LogP contribution is -2.30. The maximum atomic E-state index is 13.7. The highest BCUT2D eigenvalue weighted by atomic mass is 19.1. The Balaban J connectivity index is 2.39. The molecule has 21 heavy (non-hydrogen) atoms. The Morgan fingerprint density at radius 3 is 2.33 bits per heavy atom. The van der Waals surface area contributed by atoms with Gasteiger partial charge < -0.3 is 10.6 Å². The number of nitrogens with zero attached hydrogens (tertiary/aromatic N) is 1. The molecule has 0 aliphatic carbocycles. The second-order valence-corrected chi connectivity index (χ2v) is 4.70. The molecule has 2 aromatic rings. The average molecular weight is 290 g/mol. The summed E-state index contributed by atoms with van der Waals surface area (Å²) in [5, 5.41) is 0. The molecule has 2 N–H and O–H groups in total. The Labute approximate surface area is 122 Å². The summed E-state index contributed by atoms with van der Waals surface area (Å²) in [6, 6.07) is 8.17. The summed E-state index contributed by atoms with van der Waals surface area (Å²) in [5.41, 5.74) is 6.96. The van der Waals surface area contributed by atoms with E-state index >= 15 is 0 Å². The van der Waals surface area contributed by atoms with Gasteiger partial charge in [-0.15, -0.1) is 0 Å². The van der Waals surface area contributed by atoms with E-state index in [-0.39, 0.29) is 23.0 Å². The van der Waals surface area contributed by atoms with Gasteiger partial charge in [-0.25, -0.2) is 8.78 Å². The molecule has 0 bridgehead atoms. The van der Waals surface area contributed by atoms with Crippen molar-refractivity contribution in [2.45, 2.75) is 13.8 Å². The van der Waals surface area contributed by atoms with Gasteiger partial charge in [0.15, 0.2) is 0 Å².